The summed E-state index contributed by atoms with van der Waals surface area (Å²) >= 11 is 0. The van der Waals surface area contributed by atoms with Gasteiger partial charge in [0.15, 0.2) is 17.7 Å². The van der Waals surface area contributed by atoms with Gasteiger partial charge in [-0.2, -0.15) is 0 Å². The van der Waals surface area contributed by atoms with Gasteiger partial charge in [-0.1, -0.05) is 6.42 Å². The molecule has 1 heterocycles. The summed E-state index contributed by atoms with van der Waals surface area (Å²) in [5.41, 5.74) is -0.0600. The molecule has 0 bridgehead atoms. The van der Waals surface area contributed by atoms with E-state index in [1.165, 1.54) is 13.2 Å². The van der Waals surface area contributed by atoms with Crippen LogP contribution >= 0.6 is 0 Å². The number of hydrogen-bond acceptors (Lipinski definition) is 6. The Hall–Kier alpha value is -1.24. The van der Waals surface area contributed by atoms with E-state index in [1.54, 1.807) is 0 Å². The first-order chi connectivity index (χ1) is 9.56. The molecule has 0 unspecified atom stereocenters. The number of rotatable bonds is 1. The largest absolute Gasteiger partial charge is 0.466 e. The fraction of sp³-hybridized carbons (Fsp3) is 0.714. The first kappa shape index (κ1) is 13.7. The van der Waals surface area contributed by atoms with Crippen molar-refractivity contribution in [2.75, 3.05) is 7.11 Å². The van der Waals surface area contributed by atoms with Crippen molar-refractivity contribution in [2.45, 2.75) is 56.2 Å². The molecule has 2 fully saturated rings. The van der Waals surface area contributed by atoms with E-state index in [2.05, 4.69) is 4.74 Å². The molecule has 6 heteroatoms. The fourth-order valence-corrected chi connectivity index (χ4v) is 3.18. The second kappa shape index (κ2) is 4.95. The minimum atomic E-state index is -1.49. The van der Waals surface area contributed by atoms with Crippen molar-refractivity contribution in [3.05, 3.63) is 11.6 Å². The zero-order valence-corrected chi connectivity index (χ0v) is 11.3. The van der Waals surface area contributed by atoms with Crippen molar-refractivity contribution in [1.82, 2.24) is 0 Å². The number of methoxy groups -OCH3 is 1. The number of ketones is 1. The maximum atomic E-state index is 12.2. The predicted octanol–water partition coefficient (Wildman–Crippen LogP) is 0.474. The molecule has 1 saturated heterocycles. The van der Waals surface area contributed by atoms with E-state index >= 15 is 0 Å². The highest BCUT2D eigenvalue weighted by atomic mass is 16.8. The van der Waals surface area contributed by atoms with Crippen LogP contribution in [0.4, 0.5) is 0 Å². The van der Waals surface area contributed by atoms with Gasteiger partial charge in [-0.15, -0.1) is 0 Å². The molecule has 1 spiro atoms. The second-order valence-corrected chi connectivity index (χ2v) is 5.51. The zero-order valence-electron chi connectivity index (χ0n) is 11.3. The molecule has 110 valence electrons. The van der Waals surface area contributed by atoms with Gasteiger partial charge in [-0.3, -0.25) is 4.79 Å². The van der Waals surface area contributed by atoms with Crippen molar-refractivity contribution in [3.63, 3.8) is 0 Å². The summed E-state index contributed by atoms with van der Waals surface area (Å²) in [6.07, 6.45) is 3.12. The molecule has 0 aromatic carbocycles. The molecule has 1 N–H and O–H groups in total. The summed E-state index contributed by atoms with van der Waals surface area (Å²) in [6.45, 7) is 0. The molecule has 3 rings (SSSR count). The van der Waals surface area contributed by atoms with Crippen molar-refractivity contribution >= 4 is 11.8 Å². The molecule has 0 aromatic heterocycles. The smallest absolute Gasteiger partial charge is 0.336 e. The van der Waals surface area contributed by atoms with Gasteiger partial charge in [-0.25, -0.2) is 4.79 Å². The molecule has 0 amide bonds. The van der Waals surface area contributed by atoms with Gasteiger partial charge in [0, 0.05) is 12.8 Å². The number of esters is 1. The molecular weight excluding hydrogens is 264 g/mol. The van der Waals surface area contributed by atoms with Gasteiger partial charge in [-0.05, 0) is 18.9 Å². The molecule has 0 aromatic rings. The number of fused-ring (bicyclic) bond motifs is 1. The van der Waals surface area contributed by atoms with E-state index in [9.17, 15) is 14.7 Å². The third kappa shape index (κ3) is 2.08. The van der Waals surface area contributed by atoms with Gasteiger partial charge in [0.2, 0.25) is 0 Å². The number of Topliss-reactive ketones (excluding diaryl/α,β-unsaturated/α-hetero) is 1. The lowest BCUT2D eigenvalue weighted by atomic mass is 9.91. The normalized spacial score (nSPS) is 35.6. The molecule has 3 aliphatic rings. The topological polar surface area (TPSA) is 82.1 Å². The molecule has 3 atom stereocenters. The first-order valence-corrected chi connectivity index (χ1v) is 6.94. The average Bonchev–Trinajstić information content (AvgIpc) is 2.81. The van der Waals surface area contributed by atoms with Crippen LogP contribution in [0.1, 0.15) is 32.1 Å². The van der Waals surface area contributed by atoms with Gasteiger partial charge >= 0.3 is 5.97 Å². The minimum Gasteiger partial charge on any atom is -0.466 e. The van der Waals surface area contributed by atoms with Gasteiger partial charge < -0.3 is 19.3 Å². The lowest BCUT2D eigenvalue weighted by Gasteiger charge is -2.31. The molecule has 0 radical (unpaired) electrons. The lowest BCUT2D eigenvalue weighted by Crippen LogP contribution is -2.45. The number of carbonyl (C=O) groups is 2. The Morgan fingerprint density at radius 2 is 2.05 bits per heavy atom. The summed E-state index contributed by atoms with van der Waals surface area (Å²) in [6, 6.07) is 0. The van der Waals surface area contributed by atoms with Crippen molar-refractivity contribution in [1.29, 1.82) is 0 Å². The van der Waals surface area contributed by atoms with E-state index in [0.29, 0.717) is 0 Å². The number of carbonyl (C=O) groups excluding carboxylic acids is 2. The van der Waals surface area contributed by atoms with Gasteiger partial charge in [0.1, 0.15) is 12.2 Å². The van der Waals surface area contributed by atoms with Crippen LogP contribution in [0.15, 0.2) is 11.6 Å². The standard InChI is InChI=1S/C14H18O6/c1-18-13(17)8-7-9-12(11(16)10(8)15)20-14(19-9)5-3-2-4-6-14/h7,9-10,12,15H,2-6H2,1H3/t9-,10-,12-/m0/s1. The van der Waals surface area contributed by atoms with Crippen molar-refractivity contribution < 1.29 is 28.9 Å². The van der Waals surface area contributed by atoms with E-state index in [0.717, 1.165) is 32.1 Å². The molecular formula is C14H18O6. The zero-order chi connectivity index (χ0) is 14.3. The lowest BCUT2D eigenvalue weighted by molar-refractivity contribution is -0.192. The molecule has 1 saturated carbocycles. The van der Waals surface area contributed by atoms with E-state index < -0.39 is 35.9 Å². The highest BCUT2D eigenvalue weighted by Gasteiger charge is 2.54. The molecule has 2 aliphatic carbocycles. The summed E-state index contributed by atoms with van der Waals surface area (Å²) in [5.74, 6) is -1.97. The van der Waals surface area contributed by atoms with E-state index in [4.69, 9.17) is 9.47 Å². The maximum Gasteiger partial charge on any atom is 0.336 e. The molecule has 20 heavy (non-hydrogen) atoms. The molecule has 1 aliphatic heterocycles. The maximum absolute atomic E-state index is 12.2. The number of aliphatic hydroxyl groups excluding tert-OH is 1. The third-order valence-corrected chi connectivity index (χ3v) is 4.22. The summed E-state index contributed by atoms with van der Waals surface area (Å²) in [5, 5.41) is 9.92. The SMILES string of the molecule is COC(=O)C1=C[C@@H]2OC3(CCCCC3)O[C@@H]2C(=O)[C@H]1O. The van der Waals surface area contributed by atoms with Crippen molar-refractivity contribution in [2.24, 2.45) is 0 Å². The number of hydrogen-bond donors (Lipinski definition) is 1. The monoisotopic (exact) mass is 282 g/mol. The summed E-state index contributed by atoms with van der Waals surface area (Å²) < 4.78 is 16.3. The average molecular weight is 282 g/mol. The Labute approximate surface area is 116 Å². The van der Waals surface area contributed by atoms with Gasteiger partial charge in [0.05, 0.1) is 12.7 Å². The minimum absolute atomic E-state index is 0.0600. The summed E-state index contributed by atoms with van der Waals surface area (Å²) in [4.78, 5) is 23.7. The number of aliphatic hydroxyl groups is 1. The Kier molecular flexibility index (Phi) is 3.40. The highest BCUT2D eigenvalue weighted by molar-refractivity contribution is 6.03. The predicted molar refractivity (Wildman–Crippen MR) is 66.7 cm³/mol. The van der Waals surface area contributed by atoms with Crippen LogP contribution in [0.5, 0.6) is 0 Å². The fourth-order valence-electron chi connectivity index (χ4n) is 3.18. The van der Waals surface area contributed by atoms with E-state index in [1.807, 2.05) is 0 Å². The van der Waals surface area contributed by atoms with Crippen LogP contribution in [0, 0.1) is 0 Å². The highest BCUT2D eigenvalue weighted by Crippen LogP contribution is 2.43. The summed E-state index contributed by atoms with van der Waals surface area (Å²) in [7, 11) is 1.21. The Bertz CT molecular complexity index is 462. The first-order valence-electron chi connectivity index (χ1n) is 6.94. The Balaban J connectivity index is 1.87. The van der Waals surface area contributed by atoms with Crippen LogP contribution in [-0.4, -0.2) is 48.1 Å². The molecule has 6 nitrogen and oxygen atoms in total. The second-order valence-electron chi connectivity index (χ2n) is 5.51. The van der Waals surface area contributed by atoms with Crippen LogP contribution in [0.25, 0.3) is 0 Å². The number of ether oxygens (including phenoxy) is 3. The van der Waals surface area contributed by atoms with Crippen LogP contribution < -0.4 is 0 Å². The Morgan fingerprint density at radius 3 is 2.70 bits per heavy atom. The van der Waals surface area contributed by atoms with Crippen LogP contribution in [-0.2, 0) is 23.8 Å². The van der Waals surface area contributed by atoms with Crippen LogP contribution in [0.2, 0.25) is 0 Å². The Morgan fingerprint density at radius 1 is 1.35 bits per heavy atom. The van der Waals surface area contributed by atoms with Crippen LogP contribution in [0.3, 0.4) is 0 Å². The van der Waals surface area contributed by atoms with Crippen molar-refractivity contribution in [3.8, 4) is 0 Å². The van der Waals surface area contributed by atoms with E-state index in [-0.39, 0.29) is 5.57 Å². The quantitative estimate of drug-likeness (QED) is 0.704. The van der Waals surface area contributed by atoms with Gasteiger partial charge in [0.25, 0.3) is 0 Å². The third-order valence-electron chi connectivity index (χ3n) is 4.22.